The molecule has 0 aliphatic heterocycles. The van der Waals surface area contributed by atoms with Crippen LogP contribution in [0.1, 0.15) is 45.1 Å². The molecule has 7 heteroatoms. The van der Waals surface area contributed by atoms with Crippen molar-refractivity contribution in [2.75, 3.05) is 10.6 Å². The fourth-order valence-corrected chi connectivity index (χ4v) is 2.48. The highest BCUT2D eigenvalue weighted by molar-refractivity contribution is 5.92. The van der Waals surface area contributed by atoms with E-state index in [2.05, 4.69) is 44.6 Å². The first-order valence-corrected chi connectivity index (χ1v) is 8.71. The molecule has 26 heavy (non-hydrogen) atoms. The average molecular weight is 350 g/mol. The van der Waals surface area contributed by atoms with E-state index < -0.39 is 0 Å². The first-order chi connectivity index (χ1) is 12.5. The van der Waals surface area contributed by atoms with Gasteiger partial charge in [0.05, 0.1) is 29.1 Å². The second kappa shape index (κ2) is 7.86. The smallest absolute Gasteiger partial charge is 0.224 e. The van der Waals surface area contributed by atoms with Gasteiger partial charge in [-0.05, 0) is 42.2 Å². The van der Waals surface area contributed by atoms with Crippen LogP contribution in [0.15, 0.2) is 36.7 Å². The molecular formula is C19H22N6O. The number of carbonyl (C=O) groups is 1. The van der Waals surface area contributed by atoms with Crippen LogP contribution in [0.3, 0.4) is 0 Å². The molecule has 0 unspecified atom stereocenters. The summed E-state index contributed by atoms with van der Waals surface area (Å²) >= 11 is 0. The van der Waals surface area contributed by atoms with Crippen LogP contribution in [-0.4, -0.2) is 26.1 Å². The van der Waals surface area contributed by atoms with Crippen molar-refractivity contribution in [3.8, 4) is 0 Å². The zero-order valence-electron chi connectivity index (χ0n) is 15.2. The molecule has 0 spiro atoms. The van der Waals surface area contributed by atoms with Gasteiger partial charge in [0.25, 0.3) is 0 Å². The molecule has 0 saturated carbocycles. The normalized spacial score (nSPS) is 10.9. The minimum Gasteiger partial charge on any atom is -0.325 e. The number of hydrogen-bond donors (Lipinski definition) is 2. The molecule has 0 aromatic carbocycles. The third kappa shape index (κ3) is 4.30. The molecule has 0 saturated heterocycles. The number of hydrogen-bond acceptors (Lipinski definition) is 6. The molecule has 0 aliphatic carbocycles. The molecular weight excluding hydrogens is 328 g/mol. The number of pyridine rings is 2. The van der Waals surface area contributed by atoms with E-state index in [1.165, 1.54) is 0 Å². The van der Waals surface area contributed by atoms with Crippen LogP contribution in [0.2, 0.25) is 0 Å². The Balaban J connectivity index is 1.83. The van der Waals surface area contributed by atoms with E-state index in [0.29, 0.717) is 35.2 Å². The second-order valence-corrected chi connectivity index (χ2v) is 6.41. The maximum absolute atomic E-state index is 11.8. The average Bonchev–Trinajstić information content (AvgIpc) is 2.62. The van der Waals surface area contributed by atoms with Crippen molar-refractivity contribution < 1.29 is 4.79 Å². The van der Waals surface area contributed by atoms with E-state index in [0.717, 1.165) is 17.5 Å². The van der Waals surface area contributed by atoms with Crippen LogP contribution in [-0.2, 0) is 4.79 Å². The molecule has 2 N–H and O–H groups in total. The van der Waals surface area contributed by atoms with Crippen LogP contribution in [0.4, 0.5) is 17.3 Å². The quantitative estimate of drug-likeness (QED) is 0.697. The Labute approximate surface area is 152 Å². The summed E-state index contributed by atoms with van der Waals surface area (Å²) < 4.78 is 0. The number of anilines is 3. The number of carbonyl (C=O) groups excluding carboxylic acids is 1. The molecule has 1 amide bonds. The number of aromatic nitrogens is 4. The Bertz CT molecular complexity index is 925. The highest BCUT2D eigenvalue weighted by Crippen LogP contribution is 2.21. The van der Waals surface area contributed by atoms with E-state index in [1.807, 2.05) is 31.2 Å². The highest BCUT2D eigenvalue weighted by Gasteiger charge is 2.07. The van der Waals surface area contributed by atoms with Gasteiger partial charge in [-0.25, -0.2) is 4.98 Å². The summed E-state index contributed by atoms with van der Waals surface area (Å²) in [6.07, 6.45) is 4.69. The molecule has 7 nitrogen and oxygen atoms in total. The molecule has 0 aliphatic rings. The monoisotopic (exact) mass is 350 g/mol. The van der Waals surface area contributed by atoms with Crippen molar-refractivity contribution in [2.24, 2.45) is 0 Å². The van der Waals surface area contributed by atoms with Crippen molar-refractivity contribution >= 4 is 34.3 Å². The number of amides is 1. The van der Waals surface area contributed by atoms with Gasteiger partial charge in [0.15, 0.2) is 5.82 Å². The van der Waals surface area contributed by atoms with Crippen LogP contribution < -0.4 is 10.6 Å². The Kier molecular flexibility index (Phi) is 5.36. The van der Waals surface area contributed by atoms with Gasteiger partial charge in [0, 0.05) is 6.42 Å². The zero-order valence-corrected chi connectivity index (χ0v) is 15.2. The van der Waals surface area contributed by atoms with E-state index in [9.17, 15) is 4.79 Å². The largest absolute Gasteiger partial charge is 0.325 e. The molecule has 3 rings (SSSR count). The van der Waals surface area contributed by atoms with Gasteiger partial charge in [-0.15, -0.1) is 5.10 Å². The molecule has 0 fully saturated rings. The predicted octanol–water partition coefficient (Wildman–Crippen LogP) is 4.03. The number of rotatable bonds is 6. The summed E-state index contributed by atoms with van der Waals surface area (Å²) in [6.45, 7) is 6.18. The van der Waals surface area contributed by atoms with Gasteiger partial charge in [-0.3, -0.25) is 9.78 Å². The number of nitrogens with one attached hydrogen (secondary N) is 2. The van der Waals surface area contributed by atoms with Gasteiger partial charge < -0.3 is 10.6 Å². The van der Waals surface area contributed by atoms with Crippen LogP contribution >= 0.6 is 0 Å². The number of nitrogens with zero attached hydrogens (tertiary/aromatic N) is 4. The summed E-state index contributed by atoms with van der Waals surface area (Å²) in [6, 6.07) is 7.50. The fourth-order valence-electron chi connectivity index (χ4n) is 2.48. The lowest BCUT2D eigenvalue weighted by Crippen LogP contribution is -2.10. The van der Waals surface area contributed by atoms with E-state index in [-0.39, 0.29) is 5.91 Å². The molecule has 134 valence electrons. The van der Waals surface area contributed by atoms with E-state index in [1.54, 1.807) is 12.4 Å². The summed E-state index contributed by atoms with van der Waals surface area (Å²) in [5.41, 5.74) is 3.19. The van der Waals surface area contributed by atoms with E-state index in [4.69, 9.17) is 0 Å². The third-order valence-electron chi connectivity index (χ3n) is 3.90. The Morgan fingerprint density at radius 3 is 2.73 bits per heavy atom. The minimum absolute atomic E-state index is 0.0243. The Morgan fingerprint density at radius 1 is 1.12 bits per heavy atom. The second-order valence-electron chi connectivity index (χ2n) is 6.41. The lowest BCUT2D eigenvalue weighted by molar-refractivity contribution is -0.116. The van der Waals surface area contributed by atoms with Gasteiger partial charge in [-0.2, -0.15) is 5.10 Å². The van der Waals surface area contributed by atoms with Crippen LogP contribution in [0, 0.1) is 0 Å². The predicted molar refractivity (Wildman–Crippen MR) is 102 cm³/mol. The van der Waals surface area contributed by atoms with Gasteiger partial charge in [0.2, 0.25) is 5.91 Å². The zero-order chi connectivity index (χ0) is 18.5. The molecule has 0 radical (unpaired) electrons. The van der Waals surface area contributed by atoms with Gasteiger partial charge in [0.1, 0.15) is 5.82 Å². The summed E-state index contributed by atoms with van der Waals surface area (Å²) in [7, 11) is 0. The topological polar surface area (TPSA) is 92.7 Å². The summed E-state index contributed by atoms with van der Waals surface area (Å²) in [5.74, 6) is 1.63. The first kappa shape index (κ1) is 17.7. The van der Waals surface area contributed by atoms with Crippen molar-refractivity contribution in [1.82, 2.24) is 20.2 Å². The molecule has 0 atom stereocenters. The van der Waals surface area contributed by atoms with Crippen molar-refractivity contribution in [3.05, 3.63) is 42.2 Å². The molecule has 0 bridgehead atoms. The maximum Gasteiger partial charge on any atom is 0.224 e. The van der Waals surface area contributed by atoms with Crippen molar-refractivity contribution in [3.63, 3.8) is 0 Å². The van der Waals surface area contributed by atoms with Crippen molar-refractivity contribution in [1.29, 1.82) is 0 Å². The lowest BCUT2D eigenvalue weighted by atomic mass is 10.1. The number of fused-ring (bicyclic) bond motifs is 1. The fraction of sp³-hybridized carbons (Fsp3) is 0.316. The van der Waals surface area contributed by atoms with Crippen molar-refractivity contribution in [2.45, 2.75) is 39.5 Å². The van der Waals surface area contributed by atoms with Gasteiger partial charge in [-0.1, -0.05) is 20.8 Å². The SMILES string of the molecule is CCCC(=O)Nc1cnc2ccc(Nc3cc(C(C)C)cnn3)nc2c1. The Hall–Kier alpha value is -3.09. The molecule has 3 aromatic rings. The first-order valence-electron chi connectivity index (χ1n) is 8.71. The molecule has 3 aromatic heterocycles. The third-order valence-corrected chi connectivity index (χ3v) is 3.90. The summed E-state index contributed by atoms with van der Waals surface area (Å²) in [5, 5.41) is 14.1. The lowest BCUT2D eigenvalue weighted by Gasteiger charge is -2.09. The summed E-state index contributed by atoms with van der Waals surface area (Å²) in [4.78, 5) is 20.7. The van der Waals surface area contributed by atoms with Crippen LogP contribution in [0.5, 0.6) is 0 Å². The van der Waals surface area contributed by atoms with Crippen LogP contribution in [0.25, 0.3) is 11.0 Å². The van der Waals surface area contributed by atoms with Gasteiger partial charge >= 0.3 is 0 Å². The maximum atomic E-state index is 11.8. The van der Waals surface area contributed by atoms with E-state index >= 15 is 0 Å². The Morgan fingerprint density at radius 2 is 1.96 bits per heavy atom. The molecule has 3 heterocycles. The minimum atomic E-state index is -0.0243. The highest BCUT2D eigenvalue weighted by atomic mass is 16.1. The standard InChI is InChI=1S/C19H22N6O/c1-4-5-19(26)22-14-9-16-15(20-11-14)6-7-17(23-16)24-18-8-13(12(2)3)10-21-25-18/h6-12H,4-5H2,1-3H3,(H,22,26)(H,23,24,25).